The molecule has 2 rings (SSSR count). The van der Waals surface area contributed by atoms with E-state index in [0.29, 0.717) is 0 Å². The average Bonchev–Trinajstić information content (AvgIpc) is 2.97. The molecule has 0 amide bonds. The molecule has 0 bridgehead atoms. The Morgan fingerprint density at radius 1 is 1.13 bits per heavy atom. The van der Waals surface area contributed by atoms with Crippen molar-refractivity contribution in [2.45, 2.75) is 26.2 Å². The highest BCUT2D eigenvalue weighted by atomic mass is 15.1. The predicted octanol–water partition coefficient (Wildman–Crippen LogP) is 3.10. The van der Waals surface area contributed by atoms with Crippen molar-refractivity contribution in [1.82, 2.24) is 4.90 Å². The van der Waals surface area contributed by atoms with Gasteiger partial charge in [-0.25, -0.2) is 0 Å². The molecule has 2 aliphatic rings. The van der Waals surface area contributed by atoms with E-state index < -0.39 is 0 Å². The van der Waals surface area contributed by atoms with Crippen LogP contribution in [-0.2, 0) is 0 Å². The lowest BCUT2D eigenvalue weighted by molar-refractivity contribution is 0.234. The van der Waals surface area contributed by atoms with E-state index in [1.54, 1.807) is 0 Å². The quantitative estimate of drug-likeness (QED) is 0.640. The van der Waals surface area contributed by atoms with Gasteiger partial charge in [0.25, 0.3) is 0 Å². The first-order chi connectivity index (χ1) is 7.09. The average molecular weight is 205 g/mol. The minimum atomic E-state index is 0.761. The molecule has 0 radical (unpaired) electrons. The number of hydrogen-bond donors (Lipinski definition) is 0. The number of hydrogen-bond acceptors (Lipinski definition) is 1. The third-order valence-electron chi connectivity index (χ3n) is 4.14. The third-order valence-corrected chi connectivity index (χ3v) is 4.14. The molecule has 2 fully saturated rings. The van der Waals surface area contributed by atoms with Gasteiger partial charge < -0.3 is 4.90 Å². The molecule has 1 aliphatic heterocycles. The molecule has 1 saturated heterocycles. The first kappa shape index (κ1) is 10.9. The first-order valence-corrected chi connectivity index (χ1v) is 6.12. The molecular weight excluding hydrogens is 182 g/mol. The highest BCUT2D eigenvalue weighted by Crippen LogP contribution is 2.50. The Balaban J connectivity index is 1.85. The van der Waals surface area contributed by atoms with Crippen molar-refractivity contribution in [1.29, 1.82) is 0 Å². The Morgan fingerprint density at radius 2 is 1.73 bits per heavy atom. The van der Waals surface area contributed by atoms with Gasteiger partial charge in [0, 0.05) is 0 Å². The Labute approximate surface area is 93.9 Å². The minimum absolute atomic E-state index is 0.761. The van der Waals surface area contributed by atoms with Crippen LogP contribution in [-0.4, -0.2) is 25.0 Å². The van der Waals surface area contributed by atoms with Crippen LogP contribution in [0, 0.1) is 17.8 Å². The van der Waals surface area contributed by atoms with Crippen molar-refractivity contribution in [3.05, 3.63) is 24.3 Å². The van der Waals surface area contributed by atoms with Crippen LogP contribution in [0.1, 0.15) is 26.2 Å². The van der Waals surface area contributed by atoms with E-state index in [0.717, 1.165) is 17.8 Å². The molecule has 0 N–H and O–H groups in total. The number of allylic oxidation sites excluding steroid dienone is 2. The van der Waals surface area contributed by atoms with Gasteiger partial charge in [-0.3, -0.25) is 0 Å². The zero-order chi connectivity index (χ0) is 11.0. The maximum Gasteiger partial charge on any atom is -0.00161 e. The number of likely N-dealkylation sites (tertiary alicyclic amines) is 1. The lowest BCUT2D eigenvalue weighted by Gasteiger charge is -2.30. The fraction of sp³-hybridized carbons (Fsp3) is 0.714. The largest absolute Gasteiger partial charge is 0.306 e. The molecule has 2 unspecified atom stereocenters. The molecule has 84 valence electrons. The molecule has 1 saturated carbocycles. The molecule has 0 aromatic heterocycles. The maximum atomic E-state index is 4.34. The first-order valence-electron chi connectivity index (χ1n) is 6.12. The molecule has 1 heterocycles. The Bertz CT molecular complexity index is 271. The van der Waals surface area contributed by atoms with E-state index in [-0.39, 0.29) is 0 Å². The van der Waals surface area contributed by atoms with Crippen LogP contribution >= 0.6 is 0 Å². The van der Waals surface area contributed by atoms with Crippen LogP contribution in [0.15, 0.2) is 24.3 Å². The topological polar surface area (TPSA) is 3.24 Å². The van der Waals surface area contributed by atoms with E-state index in [4.69, 9.17) is 0 Å². The molecule has 1 heteroatoms. The highest BCUT2D eigenvalue weighted by molar-refractivity contribution is 5.23. The minimum Gasteiger partial charge on any atom is -0.306 e. The predicted molar refractivity (Wildman–Crippen MR) is 65.8 cm³/mol. The maximum absolute atomic E-state index is 4.34. The van der Waals surface area contributed by atoms with E-state index >= 15 is 0 Å². The summed E-state index contributed by atoms with van der Waals surface area (Å²) in [6, 6.07) is 0. The Kier molecular flexibility index (Phi) is 3.01. The van der Waals surface area contributed by atoms with Gasteiger partial charge in [0.2, 0.25) is 0 Å². The van der Waals surface area contributed by atoms with Crippen molar-refractivity contribution in [3.63, 3.8) is 0 Å². The normalized spacial score (nSPS) is 32.7. The summed E-state index contributed by atoms with van der Waals surface area (Å²) in [5, 5.41) is 0. The second-order valence-corrected chi connectivity index (χ2v) is 5.45. The van der Waals surface area contributed by atoms with Gasteiger partial charge >= 0.3 is 0 Å². The van der Waals surface area contributed by atoms with Gasteiger partial charge in [-0.05, 0) is 64.1 Å². The summed E-state index contributed by atoms with van der Waals surface area (Å²) >= 11 is 0. The molecule has 1 aliphatic carbocycles. The van der Waals surface area contributed by atoms with Crippen molar-refractivity contribution in [2.24, 2.45) is 17.8 Å². The summed E-state index contributed by atoms with van der Waals surface area (Å²) < 4.78 is 0. The van der Waals surface area contributed by atoms with Gasteiger partial charge in [-0.2, -0.15) is 0 Å². The van der Waals surface area contributed by atoms with E-state index in [1.165, 1.54) is 43.5 Å². The van der Waals surface area contributed by atoms with Gasteiger partial charge in [-0.1, -0.05) is 24.3 Å². The SMILES string of the molecule is C=C(C)C1CC1C(=C)C1CCN(C)CC1. The number of piperidine rings is 1. The van der Waals surface area contributed by atoms with E-state index in [9.17, 15) is 0 Å². The zero-order valence-electron chi connectivity index (χ0n) is 10.1. The highest BCUT2D eigenvalue weighted by Gasteiger charge is 2.41. The van der Waals surface area contributed by atoms with Crippen LogP contribution < -0.4 is 0 Å². The van der Waals surface area contributed by atoms with E-state index in [2.05, 4.69) is 32.0 Å². The Morgan fingerprint density at radius 3 is 2.20 bits per heavy atom. The lowest BCUT2D eigenvalue weighted by atomic mass is 9.86. The fourth-order valence-corrected chi connectivity index (χ4v) is 2.83. The second kappa shape index (κ2) is 4.13. The molecule has 0 spiro atoms. The molecule has 1 nitrogen and oxygen atoms in total. The van der Waals surface area contributed by atoms with E-state index in [1.807, 2.05) is 0 Å². The smallest absolute Gasteiger partial charge is 0.00161 e. The number of rotatable bonds is 3. The number of nitrogens with zero attached hydrogens (tertiary/aromatic N) is 1. The van der Waals surface area contributed by atoms with Crippen molar-refractivity contribution in [3.8, 4) is 0 Å². The molecule has 0 aromatic rings. The summed E-state index contributed by atoms with van der Waals surface area (Å²) in [4.78, 5) is 2.42. The van der Waals surface area contributed by atoms with Crippen LogP contribution in [0.2, 0.25) is 0 Å². The molecule has 2 atom stereocenters. The second-order valence-electron chi connectivity index (χ2n) is 5.45. The van der Waals surface area contributed by atoms with Crippen molar-refractivity contribution < 1.29 is 0 Å². The summed E-state index contributed by atoms with van der Waals surface area (Å²) in [6.45, 7) is 13.0. The summed E-state index contributed by atoms with van der Waals surface area (Å²) in [6.07, 6.45) is 3.95. The molecule has 0 aromatic carbocycles. The van der Waals surface area contributed by atoms with Gasteiger partial charge in [0.15, 0.2) is 0 Å². The van der Waals surface area contributed by atoms with Gasteiger partial charge in [0.1, 0.15) is 0 Å². The summed E-state index contributed by atoms with van der Waals surface area (Å²) in [7, 11) is 2.22. The zero-order valence-corrected chi connectivity index (χ0v) is 10.1. The van der Waals surface area contributed by atoms with Crippen LogP contribution in [0.25, 0.3) is 0 Å². The summed E-state index contributed by atoms with van der Waals surface area (Å²) in [5.74, 6) is 2.32. The van der Waals surface area contributed by atoms with Crippen molar-refractivity contribution in [2.75, 3.05) is 20.1 Å². The summed E-state index contributed by atoms with van der Waals surface area (Å²) in [5.41, 5.74) is 2.88. The van der Waals surface area contributed by atoms with Crippen molar-refractivity contribution >= 4 is 0 Å². The van der Waals surface area contributed by atoms with Gasteiger partial charge in [0.05, 0.1) is 0 Å². The monoisotopic (exact) mass is 205 g/mol. The Hall–Kier alpha value is -0.560. The molecule has 15 heavy (non-hydrogen) atoms. The third kappa shape index (κ3) is 2.34. The van der Waals surface area contributed by atoms with Crippen LogP contribution in [0.3, 0.4) is 0 Å². The fourth-order valence-electron chi connectivity index (χ4n) is 2.83. The van der Waals surface area contributed by atoms with Crippen LogP contribution in [0.4, 0.5) is 0 Å². The lowest BCUT2D eigenvalue weighted by Crippen LogP contribution is -2.31. The van der Waals surface area contributed by atoms with Crippen LogP contribution in [0.5, 0.6) is 0 Å². The van der Waals surface area contributed by atoms with Gasteiger partial charge in [-0.15, -0.1) is 0 Å². The molecular formula is C14H23N. The standard InChI is InChI=1S/C14H23N/c1-10(2)13-9-14(13)11(3)12-5-7-15(4)8-6-12/h12-14H,1,3,5-9H2,2,4H3.